The molecule has 2 rings (SSSR count). The molecule has 2 aliphatic rings. The van der Waals surface area contributed by atoms with Gasteiger partial charge in [0.05, 0.1) is 44.2 Å². The van der Waals surface area contributed by atoms with Crippen LogP contribution in [0.1, 0.15) is 13.8 Å². The topological polar surface area (TPSA) is 139 Å². The average molecular weight is 529 g/mol. The number of nitrogens with two attached hydrogens (primary N) is 1. The molecule has 3 N–H and O–H groups in total. The Bertz CT molecular complexity index is 773. The molecule has 0 radical (unpaired) electrons. The number of hydrogen-bond donors (Lipinski definition) is 2. The molecule has 0 bridgehead atoms. The number of hydrogen-bond acceptors (Lipinski definition) is 8. The zero-order valence-electron chi connectivity index (χ0n) is 21.4. The number of carbonyl (C=O) groups is 1. The Labute approximate surface area is 203 Å². The third-order valence-corrected chi connectivity index (χ3v) is 10.6. The molecule has 200 valence electrons. The summed E-state index contributed by atoms with van der Waals surface area (Å²) in [5.74, 6) is -0.613. The van der Waals surface area contributed by atoms with Crippen LogP contribution in [0.4, 0.5) is 0 Å². The smallest absolute Gasteiger partial charge is 0.345 e. The van der Waals surface area contributed by atoms with E-state index in [2.05, 4.69) is 5.32 Å². The lowest BCUT2D eigenvalue weighted by atomic mass is 10.2. The quantitative estimate of drug-likeness (QED) is 0.336. The first-order chi connectivity index (χ1) is 15.8. The summed E-state index contributed by atoms with van der Waals surface area (Å²) in [7, 11) is 1.27. The van der Waals surface area contributed by atoms with Gasteiger partial charge in [-0.1, -0.05) is 0 Å². The number of likely N-dealkylation sites (N-methyl/N-ethyl adjacent to an activating group) is 1. The second kappa shape index (κ2) is 12.7. The van der Waals surface area contributed by atoms with Crippen molar-refractivity contribution in [3.05, 3.63) is 0 Å². The highest BCUT2D eigenvalue weighted by Gasteiger charge is 2.42. The number of morpholine rings is 2. The lowest BCUT2D eigenvalue weighted by Crippen LogP contribution is -2.49. The number of primary amides is 1. The van der Waals surface area contributed by atoms with E-state index < -0.39 is 27.4 Å². The van der Waals surface area contributed by atoms with Gasteiger partial charge in [0.2, 0.25) is 5.91 Å². The summed E-state index contributed by atoms with van der Waals surface area (Å²) < 4.78 is 57.1. The molecule has 1 amide bonds. The summed E-state index contributed by atoms with van der Waals surface area (Å²) in [4.78, 5) is 11.3. The van der Waals surface area contributed by atoms with Crippen LogP contribution in [0.5, 0.6) is 0 Å². The number of amides is 1. The summed E-state index contributed by atoms with van der Waals surface area (Å²) >= 11 is 0. The molecule has 0 aromatic rings. The predicted molar refractivity (Wildman–Crippen MR) is 129 cm³/mol. The fourth-order valence-corrected chi connectivity index (χ4v) is 7.74. The van der Waals surface area contributed by atoms with Crippen molar-refractivity contribution < 1.29 is 32.4 Å². The van der Waals surface area contributed by atoms with E-state index in [9.17, 15) is 13.9 Å². The van der Waals surface area contributed by atoms with Crippen LogP contribution < -0.4 is 11.1 Å². The molecule has 0 aliphatic carbocycles. The maximum atomic E-state index is 14.0. The Morgan fingerprint density at radius 1 is 0.971 bits per heavy atom. The van der Waals surface area contributed by atoms with Crippen LogP contribution in [0.15, 0.2) is 0 Å². The second-order valence-corrected chi connectivity index (χ2v) is 14.5. The van der Waals surface area contributed by atoms with Crippen molar-refractivity contribution in [3.63, 3.8) is 0 Å². The maximum absolute atomic E-state index is 14.0. The number of carbonyl (C=O) groups excluding carboxylic acids is 1. The van der Waals surface area contributed by atoms with E-state index in [0.717, 1.165) is 6.54 Å². The minimum Gasteiger partial charge on any atom is -0.370 e. The molecule has 2 aliphatic heterocycles. The van der Waals surface area contributed by atoms with E-state index >= 15 is 0 Å². The van der Waals surface area contributed by atoms with Crippen LogP contribution in [0, 0.1) is 0 Å². The van der Waals surface area contributed by atoms with E-state index in [1.165, 1.54) is 16.4 Å². The van der Waals surface area contributed by atoms with Crippen molar-refractivity contribution in [1.29, 1.82) is 0 Å². The number of nitrogens with one attached hydrogen (secondary N) is 1. The van der Waals surface area contributed by atoms with Crippen LogP contribution >= 0.6 is 15.3 Å². The minimum atomic E-state index is -3.51. The monoisotopic (exact) mass is 528 g/mol. The van der Waals surface area contributed by atoms with E-state index in [1.807, 2.05) is 13.8 Å². The molecule has 0 saturated carbocycles. The van der Waals surface area contributed by atoms with Gasteiger partial charge in [0, 0.05) is 26.2 Å². The van der Waals surface area contributed by atoms with E-state index in [-0.39, 0.29) is 44.6 Å². The fourth-order valence-electron chi connectivity index (χ4n) is 3.93. The highest BCUT2D eigenvalue weighted by molar-refractivity contribution is 7.54. The molecule has 6 atom stereocenters. The first-order valence-corrected chi connectivity index (χ1v) is 14.5. The Hall–Kier alpha value is -0.430. The van der Waals surface area contributed by atoms with Crippen molar-refractivity contribution in [3.8, 4) is 0 Å². The van der Waals surface area contributed by atoms with Gasteiger partial charge in [0.25, 0.3) is 0 Å². The van der Waals surface area contributed by atoms with Gasteiger partial charge in [-0.3, -0.25) is 13.9 Å². The molecule has 0 spiro atoms. The summed E-state index contributed by atoms with van der Waals surface area (Å²) in [5, 5.41) is 3.28. The molecule has 2 saturated heterocycles. The summed E-state index contributed by atoms with van der Waals surface area (Å²) in [6.45, 7) is 5.86. The average Bonchev–Trinajstić information content (AvgIpc) is 2.74. The number of nitrogens with zero attached hydrogens (tertiary/aromatic N) is 4. The predicted octanol–water partition coefficient (Wildman–Crippen LogP) is 0.242. The fraction of sp³-hybridized carbons (Fsp3) is 0.947. The normalized spacial score (nSPS) is 30.4. The lowest BCUT2D eigenvalue weighted by molar-refractivity contribution is -0.118. The summed E-state index contributed by atoms with van der Waals surface area (Å²) in [6, 6.07) is 0. The zero-order chi connectivity index (χ0) is 25.7. The maximum Gasteiger partial charge on any atom is 0.345 e. The third-order valence-electron chi connectivity index (χ3n) is 5.58. The van der Waals surface area contributed by atoms with Gasteiger partial charge in [-0.05, 0) is 49.1 Å². The van der Waals surface area contributed by atoms with Gasteiger partial charge in [0.1, 0.15) is 0 Å². The molecular weight excluding hydrogens is 486 g/mol. The van der Waals surface area contributed by atoms with Crippen molar-refractivity contribution >= 4 is 21.2 Å². The van der Waals surface area contributed by atoms with Crippen molar-refractivity contribution in [2.24, 2.45) is 5.73 Å². The molecule has 0 aromatic heterocycles. The van der Waals surface area contributed by atoms with Gasteiger partial charge in [0.15, 0.2) is 0 Å². The highest BCUT2D eigenvalue weighted by Crippen LogP contribution is 2.55. The van der Waals surface area contributed by atoms with Crippen LogP contribution in [-0.4, -0.2) is 130 Å². The Morgan fingerprint density at radius 3 is 2.15 bits per heavy atom. The van der Waals surface area contributed by atoms with Crippen molar-refractivity contribution in [2.75, 3.05) is 81.2 Å². The van der Waals surface area contributed by atoms with Gasteiger partial charge in [-0.15, -0.1) is 0 Å². The summed E-state index contributed by atoms with van der Waals surface area (Å²) in [6.07, 6.45) is -0.898. The summed E-state index contributed by atoms with van der Waals surface area (Å²) in [5.41, 5.74) is 5.26. The van der Waals surface area contributed by atoms with Crippen molar-refractivity contribution in [2.45, 2.75) is 38.3 Å². The second-order valence-electron chi connectivity index (χ2n) is 9.22. The van der Waals surface area contributed by atoms with Crippen LogP contribution in [0.3, 0.4) is 0 Å². The number of rotatable bonds is 12. The third kappa shape index (κ3) is 7.78. The molecular formula is C19H42N6O7P2. The molecule has 34 heavy (non-hydrogen) atoms. The molecule has 0 aromatic carbocycles. The highest BCUT2D eigenvalue weighted by atomic mass is 31.2. The Morgan fingerprint density at radius 2 is 1.59 bits per heavy atom. The van der Waals surface area contributed by atoms with Gasteiger partial charge in [-0.25, -0.2) is 18.7 Å². The lowest BCUT2D eigenvalue weighted by Gasteiger charge is -2.43. The van der Waals surface area contributed by atoms with Gasteiger partial charge in [-0.2, -0.15) is 0 Å². The Kier molecular flexibility index (Phi) is 11.1. The van der Waals surface area contributed by atoms with Gasteiger partial charge >= 0.3 is 15.3 Å². The zero-order valence-corrected chi connectivity index (χ0v) is 23.2. The molecule has 13 nitrogen and oxygen atoms in total. The van der Waals surface area contributed by atoms with Crippen LogP contribution in [-0.2, 0) is 32.4 Å². The Balaban J connectivity index is 2.08. The first kappa shape index (κ1) is 29.8. The molecule has 2 fully saturated rings. The van der Waals surface area contributed by atoms with E-state index in [4.69, 9.17) is 24.3 Å². The number of ether oxygens (including phenoxy) is 2. The van der Waals surface area contributed by atoms with E-state index in [1.54, 1.807) is 37.5 Å². The molecule has 2 heterocycles. The minimum absolute atomic E-state index is 0.0278. The molecule has 15 heteroatoms. The standard InChI is InChI=1S/C19H42N6O7P2/c1-15-8-21-9-17(31-15)13-30-34(28,23(5)6)25-10-16(2)32-18(11-25)14-29-33(27,22(3)4)24(7)12-19(20)26/h15-18,21H,8-14H2,1-7H3,(H2,20,26)/t15-,16-,17-,18-,33?,34?/m0/s1. The largest absolute Gasteiger partial charge is 0.370 e. The van der Waals surface area contributed by atoms with Crippen LogP contribution in [0.25, 0.3) is 0 Å². The first-order valence-electron chi connectivity index (χ1n) is 11.4. The SMILES string of the molecule is C[C@H]1CNC[C@@H](COP(=O)(N(C)C)N2C[C@@H](COP(=O)(N(C)C)N(C)CC(N)=O)O[C@@H](C)C2)O1. The van der Waals surface area contributed by atoms with Crippen LogP contribution in [0.2, 0.25) is 0 Å². The van der Waals surface area contributed by atoms with Gasteiger partial charge < -0.3 is 29.6 Å². The molecule has 2 unspecified atom stereocenters. The van der Waals surface area contributed by atoms with Crippen molar-refractivity contribution in [1.82, 2.24) is 24.0 Å². The van der Waals surface area contributed by atoms with E-state index in [0.29, 0.717) is 13.1 Å².